The van der Waals surface area contributed by atoms with Crippen molar-refractivity contribution in [2.24, 2.45) is 0 Å². The molecule has 1 saturated heterocycles. The fourth-order valence-electron chi connectivity index (χ4n) is 2.31. The maximum Gasteiger partial charge on any atom is 0.0466 e. The van der Waals surface area contributed by atoms with Gasteiger partial charge in [-0.05, 0) is 31.2 Å². The predicted octanol–water partition coefficient (Wildman–Crippen LogP) is 2.89. The Bertz CT molecular complexity index is 370. The van der Waals surface area contributed by atoms with Crippen LogP contribution in [0.1, 0.15) is 24.1 Å². The Labute approximate surface area is 112 Å². The van der Waals surface area contributed by atoms with Crippen LogP contribution in [0.3, 0.4) is 0 Å². The number of aromatic nitrogens is 1. The summed E-state index contributed by atoms with van der Waals surface area (Å²) in [5, 5.41) is 4.83. The molecule has 1 fully saturated rings. The summed E-state index contributed by atoms with van der Waals surface area (Å²) in [5.41, 5.74) is 2.68. The van der Waals surface area contributed by atoms with Crippen LogP contribution >= 0.6 is 23.5 Å². The molecule has 0 spiro atoms. The van der Waals surface area contributed by atoms with Gasteiger partial charge in [0.15, 0.2) is 0 Å². The summed E-state index contributed by atoms with van der Waals surface area (Å²) in [6.45, 7) is 4.52. The van der Waals surface area contributed by atoms with Gasteiger partial charge in [0.25, 0.3) is 0 Å². The largest absolute Gasteiger partial charge is 0.312 e. The van der Waals surface area contributed by atoms with Crippen molar-refractivity contribution < 1.29 is 0 Å². The minimum atomic E-state index is 0.413. The maximum atomic E-state index is 4.28. The van der Waals surface area contributed by atoms with Gasteiger partial charge in [-0.3, -0.25) is 4.98 Å². The van der Waals surface area contributed by atoms with Gasteiger partial charge in [-0.1, -0.05) is 6.92 Å². The number of thioether (sulfide) groups is 2. The zero-order chi connectivity index (χ0) is 12.3. The van der Waals surface area contributed by atoms with E-state index in [0.717, 1.165) is 0 Å². The molecule has 0 saturated carbocycles. The van der Waals surface area contributed by atoms with Crippen LogP contribution in [0.5, 0.6) is 0 Å². The lowest BCUT2D eigenvalue weighted by Gasteiger charge is -2.35. The molecule has 94 valence electrons. The highest BCUT2D eigenvalue weighted by molar-refractivity contribution is 8.07. The third kappa shape index (κ3) is 2.98. The van der Waals surface area contributed by atoms with Gasteiger partial charge in [0.2, 0.25) is 0 Å². The minimum absolute atomic E-state index is 0.413. The fourth-order valence-corrected chi connectivity index (χ4v) is 5.29. The fraction of sp³-hybridized carbons (Fsp3) is 0.615. The Hall–Kier alpha value is -0.190. The summed E-state index contributed by atoms with van der Waals surface area (Å²) < 4.78 is 0. The summed E-state index contributed by atoms with van der Waals surface area (Å²) in [6, 6.07) is 2.52. The zero-order valence-corrected chi connectivity index (χ0v) is 12.3. The van der Waals surface area contributed by atoms with Crippen molar-refractivity contribution >= 4 is 23.5 Å². The first-order chi connectivity index (χ1) is 8.24. The average Bonchev–Trinajstić information content (AvgIpc) is 2.34. The van der Waals surface area contributed by atoms with Crippen LogP contribution in [0.2, 0.25) is 0 Å². The van der Waals surface area contributed by atoms with Crippen LogP contribution in [0.15, 0.2) is 18.5 Å². The first-order valence-corrected chi connectivity index (χ1v) is 8.14. The van der Waals surface area contributed by atoms with Crippen molar-refractivity contribution in [2.45, 2.75) is 30.4 Å². The van der Waals surface area contributed by atoms with Crippen molar-refractivity contribution in [3.63, 3.8) is 0 Å². The van der Waals surface area contributed by atoms with E-state index in [9.17, 15) is 0 Å². The molecular weight excluding hydrogens is 248 g/mol. The molecule has 0 aliphatic carbocycles. The summed E-state index contributed by atoms with van der Waals surface area (Å²) >= 11 is 4.19. The number of aryl methyl sites for hydroxylation is 1. The molecule has 3 atom stereocenters. The van der Waals surface area contributed by atoms with E-state index in [1.54, 1.807) is 0 Å². The number of pyridine rings is 1. The lowest BCUT2D eigenvalue weighted by atomic mass is 9.99. The lowest BCUT2D eigenvalue weighted by molar-refractivity contribution is 0.556. The Morgan fingerprint density at radius 3 is 2.82 bits per heavy atom. The Morgan fingerprint density at radius 2 is 2.18 bits per heavy atom. The molecule has 1 aliphatic rings. The Kier molecular flexibility index (Phi) is 4.77. The van der Waals surface area contributed by atoms with E-state index < -0.39 is 0 Å². The smallest absolute Gasteiger partial charge is 0.0466 e. The van der Waals surface area contributed by atoms with Crippen molar-refractivity contribution in [3.05, 3.63) is 29.6 Å². The third-order valence-electron chi connectivity index (χ3n) is 3.29. The molecule has 2 nitrogen and oxygen atoms in total. The van der Waals surface area contributed by atoms with Crippen molar-refractivity contribution in [3.8, 4) is 0 Å². The Morgan fingerprint density at radius 1 is 1.41 bits per heavy atom. The molecular formula is C13H20N2S2. The highest BCUT2D eigenvalue weighted by atomic mass is 32.2. The summed E-state index contributed by atoms with van der Waals surface area (Å²) in [5.74, 6) is 2.54. The number of nitrogens with zero attached hydrogens (tertiary/aromatic N) is 1. The molecule has 17 heavy (non-hydrogen) atoms. The van der Waals surface area contributed by atoms with Crippen LogP contribution in [-0.4, -0.2) is 34.0 Å². The van der Waals surface area contributed by atoms with Gasteiger partial charge < -0.3 is 5.32 Å². The topological polar surface area (TPSA) is 24.9 Å². The van der Waals surface area contributed by atoms with E-state index in [1.165, 1.54) is 22.6 Å². The van der Waals surface area contributed by atoms with E-state index >= 15 is 0 Å². The first kappa shape index (κ1) is 13.2. The SMILES string of the molecule is CNC(c1cnccc1C)C1SCCSC1C. The molecule has 0 bridgehead atoms. The van der Waals surface area contributed by atoms with Crippen LogP contribution in [0.25, 0.3) is 0 Å². The highest BCUT2D eigenvalue weighted by Crippen LogP contribution is 2.38. The molecule has 0 amide bonds. The molecule has 4 heteroatoms. The second kappa shape index (κ2) is 6.12. The second-order valence-corrected chi connectivity index (χ2v) is 7.18. The average molecular weight is 268 g/mol. The number of nitrogens with one attached hydrogen (secondary N) is 1. The normalized spacial score (nSPS) is 26.8. The van der Waals surface area contributed by atoms with Crippen LogP contribution in [0, 0.1) is 6.92 Å². The van der Waals surface area contributed by atoms with Crippen molar-refractivity contribution in [2.75, 3.05) is 18.6 Å². The van der Waals surface area contributed by atoms with Crippen LogP contribution < -0.4 is 5.32 Å². The highest BCUT2D eigenvalue weighted by Gasteiger charge is 2.31. The van der Waals surface area contributed by atoms with E-state index in [2.05, 4.69) is 60.8 Å². The van der Waals surface area contributed by atoms with Crippen LogP contribution in [-0.2, 0) is 0 Å². The van der Waals surface area contributed by atoms with Crippen molar-refractivity contribution in [1.29, 1.82) is 0 Å². The minimum Gasteiger partial charge on any atom is -0.312 e. The quantitative estimate of drug-likeness (QED) is 0.911. The van der Waals surface area contributed by atoms with Gasteiger partial charge in [-0.2, -0.15) is 23.5 Å². The van der Waals surface area contributed by atoms with Crippen molar-refractivity contribution in [1.82, 2.24) is 10.3 Å². The molecule has 1 aromatic heterocycles. The molecule has 3 unspecified atom stereocenters. The number of hydrogen-bond acceptors (Lipinski definition) is 4. The van der Waals surface area contributed by atoms with Gasteiger partial charge >= 0.3 is 0 Å². The van der Waals surface area contributed by atoms with Gasteiger partial charge in [0.1, 0.15) is 0 Å². The van der Waals surface area contributed by atoms with E-state index in [0.29, 0.717) is 16.5 Å². The molecule has 2 heterocycles. The summed E-state index contributed by atoms with van der Waals surface area (Å²) in [4.78, 5) is 4.28. The van der Waals surface area contributed by atoms with Gasteiger partial charge in [-0.15, -0.1) is 0 Å². The summed E-state index contributed by atoms with van der Waals surface area (Å²) in [7, 11) is 2.06. The molecule has 2 rings (SSSR count). The zero-order valence-electron chi connectivity index (χ0n) is 10.6. The van der Waals surface area contributed by atoms with Gasteiger partial charge in [0.05, 0.1) is 0 Å². The lowest BCUT2D eigenvalue weighted by Crippen LogP contribution is -2.36. The van der Waals surface area contributed by atoms with E-state index in [-0.39, 0.29) is 0 Å². The molecule has 0 radical (unpaired) electrons. The molecule has 1 N–H and O–H groups in total. The molecule has 1 aromatic rings. The van der Waals surface area contributed by atoms with Crippen LogP contribution in [0.4, 0.5) is 0 Å². The first-order valence-electron chi connectivity index (χ1n) is 6.05. The predicted molar refractivity (Wildman–Crippen MR) is 78.9 cm³/mol. The molecule has 1 aliphatic heterocycles. The standard InChI is InChI=1S/C13H20N2S2/c1-9-4-5-15-8-11(9)12(14-3)13-10(2)16-6-7-17-13/h4-5,8,10,12-14H,6-7H2,1-3H3. The van der Waals surface area contributed by atoms with E-state index in [4.69, 9.17) is 0 Å². The van der Waals surface area contributed by atoms with Gasteiger partial charge in [0, 0.05) is 40.4 Å². The second-order valence-electron chi connectivity index (χ2n) is 4.41. The molecule has 0 aromatic carbocycles. The van der Waals surface area contributed by atoms with E-state index in [1.807, 2.05) is 12.4 Å². The number of hydrogen-bond donors (Lipinski definition) is 1. The maximum absolute atomic E-state index is 4.28. The summed E-state index contributed by atoms with van der Waals surface area (Å²) in [6.07, 6.45) is 3.89. The monoisotopic (exact) mass is 268 g/mol. The number of rotatable bonds is 3. The Balaban J connectivity index is 2.23. The van der Waals surface area contributed by atoms with Gasteiger partial charge in [-0.25, -0.2) is 0 Å². The third-order valence-corrected chi connectivity index (χ3v) is 6.49.